The van der Waals surface area contributed by atoms with E-state index in [1.54, 1.807) is 12.1 Å². The number of aliphatic carboxylic acids is 1. The Morgan fingerprint density at radius 3 is 2.96 bits per heavy atom. The third-order valence-electron chi connectivity index (χ3n) is 5.81. The summed E-state index contributed by atoms with van der Waals surface area (Å²) >= 11 is 6.21. The minimum absolute atomic E-state index is 0.0183. The number of hydrogen-bond donors (Lipinski definition) is 4. The molecule has 5 unspecified atom stereocenters. The maximum Gasteiger partial charge on any atom is 0.341 e. The van der Waals surface area contributed by atoms with E-state index < -0.39 is 12.6 Å². The van der Waals surface area contributed by atoms with Crippen molar-refractivity contribution in [3.8, 4) is 5.75 Å². The maximum atomic E-state index is 12.3. The largest absolute Gasteiger partial charge is 0.482 e. The van der Waals surface area contributed by atoms with Crippen molar-refractivity contribution in [3.05, 3.63) is 28.8 Å². The van der Waals surface area contributed by atoms with Gasteiger partial charge in [-0.05, 0) is 48.4 Å². The zero-order chi connectivity index (χ0) is 18.3. The quantitative estimate of drug-likeness (QED) is 0.629. The van der Waals surface area contributed by atoms with Crippen LogP contribution in [0.15, 0.2) is 18.2 Å². The molecule has 1 aliphatic carbocycles. The molecule has 1 aromatic carbocycles. The Hall–Kier alpha value is -1.83. The standard InChI is InChI=1S/C18H22ClN3O4/c19-10-1-2-16(26-8-18(24)25)13(4-10)11-5-17(23)21-15-6-14-9(3-12(11)15)7-20-22-14/h1-2,4,9,11-12,14-15,20,22H,3,5-8H2,(H,21,23)(H,24,25). The Labute approximate surface area is 156 Å². The van der Waals surface area contributed by atoms with Crippen molar-refractivity contribution < 1.29 is 19.4 Å². The lowest BCUT2D eigenvalue weighted by Crippen LogP contribution is -2.55. The minimum Gasteiger partial charge on any atom is -0.482 e. The van der Waals surface area contributed by atoms with Crippen molar-refractivity contribution in [2.45, 2.75) is 37.3 Å². The zero-order valence-electron chi connectivity index (χ0n) is 14.2. The second-order valence-corrected chi connectivity index (χ2v) is 7.81. The first-order valence-corrected chi connectivity index (χ1v) is 9.31. The van der Waals surface area contributed by atoms with Crippen LogP contribution in [0.25, 0.3) is 0 Å². The number of nitrogens with one attached hydrogen (secondary N) is 3. The second-order valence-electron chi connectivity index (χ2n) is 7.38. The highest BCUT2D eigenvalue weighted by molar-refractivity contribution is 6.30. The van der Waals surface area contributed by atoms with Crippen LogP contribution in [0.1, 0.15) is 30.7 Å². The summed E-state index contributed by atoms with van der Waals surface area (Å²) in [5.41, 5.74) is 7.36. The maximum absolute atomic E-state index is 12.3. The lowest BCUT2D eigenvalue weighted by Gasteiger charge is -2.45. The van der Waals surface area contributed by atoms with E-state index in [-0.39, 0.29) is 23.8 Å². The number of halogens is 1. The molecule has 2 aliphatic heterocycles. The van der Waals surface area contributed by atoms with Crippen molar-refractivity contribution in [2.24, 2.45) is 11.8 Å². The molecule has 140 valence electrons. The highest BCUT2D eigenvalue weighted by atomic mass is 35.5. The van der Waals surface area contributed by atoms with Crippen LogP contribution in [0.3, 0.4) is 0 Å². The fraction of sp³-hybridized carbons (Fsp3) is 0.556. The number of hydrogen-bond acceptors (Lipinski definition) is 5. The van der Waals surface area contributed by atoms with E-state index >= 15 is 0 Å². The molecule has 4 N–H and O–H groups in total. The molecule has 0 bridgehead atoms. The number of benzene rings is 1. The molecule has 4 rings (SSSR count). The summed E-state index contributed by atoms with van der Waals surface area (Å²) in [6.45, 7) is 0.507. The molecule has 0 radical (unpaired) electrons. The molecule has 0 aromatic heterocycles. The second kappa shape index (κ2) is 7.06. The van der Waals surface area contributed by atoms with E-state index in [1.165, 1.54) is 0 Å². The minimum atomic E-state index is -1.03. The first-order valence-electron chi connectivity index (χ1n) is 8.93. The van der Waals surface area contributed by atoms with Crippen LogP contribution < -0.4 is 20.9 Å². The van der Waals surface area contributed by atoms with E-state index in [1.807, 2.05) is 6.07 Å². The van der Waals surface area contributed by atoms with Gasteiger partial charge in [-0.25, -0.2) is 4.79 Å². The third kappa shape index (κ3) is 3.39. The van der Waals surface area contributed by atoms with Crippen LogP contribution in [-0.2, 0) is 9.59 Å². The average molecular weight is 380 g/mol. The van der Waals surface area contributed by atoms with Gasteiger partial charge in [-0.3, -0.25) is 15.6 Å². The van der Waals surface area contributed by atoms with Gasteiger partial charge in [0, 0.05) is 36.0 Å². The Bertz CT molecular complexity index is 728. The molecular formula is C18H22ClN3O4. The van der Waals surface area contributed by atoms with Gasteiger partial charge in [-0.15, -0.1) is 0 Å². The van der Waals surface area contributed by atoms with Gasteiger partial charge in [0.25, 0.3) is 0 Å². The molecule has 8 heteroatoms. The van der Waals surface area contributed by atoms with Crippen molar-refractivity contribution >= 4 is 23.5 Å². The average Bonchev–Trinajstić information content (AvgIpc) is 3.05. The number of amides is 1. The van der Waals surface area contributed by atoms with E-state index in [0.717, 1.165) is 24.9 Å². The van der Waals surface area contributed by atoms with Gasteiger partial charge in [0.2, 0.25) is 5.91 Å². The lowest BCUT2D eigenvalue weighted by atomic mass is 9.66. The fourth-order valence-corrected chi connectivity index (χ4v) is 4.87. The Balaban J connectivity index is 1.65. The zero-order valence-corrected chi connectivity index (χ0v) is 15.0. The molecule has 2 saturated heterocycles. The van der Waals surface area contributed by atoms with Gasteiger partial charge in [-0.1, -0.05) is 11.6 Å². The number of ether oxygens (including phenoxy) is 1. The van der Waals surface area contributed by atoms with Gasteiger partial charge >= 0.3 is 5.97 Å². The first-order chi connectivity index (χ1) is 12.5. The molecular weight excluding hydrogens is 358 g/mol. The van der Waals surface area contributed by atoms with Crippen LogP contribution in [0.5, 0.6) is 5.75 Å². The fourth-order valence-electron chi connectivity index (χ4n) is 4.69. The molecule has 0 spiro atoms. The summed E-state index contributed by atoms with van der Waals surface area (Å²) in [5.74, 6) is 0.258. The van der Waals surface area contributed by atoms with Crippen molar-refractivity contribution in [1.82, 2.24) is 16.2 Å². The third-order valence-corrected chi connectivity index (χ3v) is 6.05. The molecule has 3 fully saturated rings. The van der Waals surface area contributed by atoms with E-state index in [9.17, 15) is 9.59 Å². The van der Waals surface area contributed by atoms with E-state index in [4.69, 9.17) is 21.4 Å². The van der Waals surface area contributed by atoms with E-state index in [0.29, 0.717) is 29.2 Å². The van der Waals surface area contributed by atoms with Crippen LogP contribution in [0.2, 0.25) is 5.02 Å². The molecule has 1 amide bonds. The molecule has 7 nitrogen and oxygen atoms in total. The van der Waals surface area contributed by atoms with Crippen LogP contribution in [0.4, 0.5) is 0 Å². The molecule has 3 aliphatic rings. The number of carboxylic acid groups (broad SMARTS) is 1. The number of fused-ring (bicyclic) bond motifs is 2. The molecule has 26 heavy (non-hydrogen) atoms. The Morgan fingerprint density at radius 1 is 1.31 bits per heavy atom. The van der Waals surface area contributed by atoms with Crippen molar-refractivity contribution in [1.29, 1.82) is 0 Å². The molecule has 1 saturated carbocycles. The summed E-state index contributed by atoms with van der Waals surface area (Å²) < 4.78 is 5.49. The summed E-state index contributed by atoms with van der Waals surface area (Å²) in [5, 5.41) is 12.6. The Kier molecular flexibility index (Phi) is 4.77. The topological polar surface area (TPSA) is 99.7 Å². The first kappa shape index (κ1) is 17.6. The molecule has 5 atom stereocenters. The normalized spacial score (nSPS) is 33.1. The predicted molar refractivity (Wildman–Crippen MR) is 95.0 cm³/mol. The summed E-state index contributed by atoms with van der Waals surface area (Å²) in [6, 6.07) is 5.67. The predicted octanol–water partition coefficient (Wildman–Crippen LogP) is 1.28. The monoisotopic (exact) mass is 379 g/mol. The van der Waals surface area contributed by atoms with Crippen LogP contribution >= 0.6 is 11.6 Å². The summed E-state index contributed by atoms with van der Waals surface area (Å²) in [6.07, 6.45) is 2.24. The number of carboxylic acids is 1. The summed E-state index contributed by atoms with van der Waals surface area (Å²) in [4.78, 5) is 23.2. The van der Waals surface area contributed by atoms with Gasteiger partial charge in [0.05, 0.1) is 0 Å². The number of rotatable bonds is 4. The smallest absolute Gasteiger partial charge is 0.341 e. The SMILES string of the molecule is O=C(O)COc1ccc(Cl)cc1C1CC(=O)NC2CC3NNCC3CC21. The van der Waals surface area contributed by atoms with Crippen molar-refractivity contribution in [2.75, 3.05) is 13.2 Å². The van der Waals surface area contributed by atoms with Gasteiger partial charge in [0.15, 0.2) is 6.61 Å². The van der Waals surface area contributed by atoms with E-state index in [2.05, 4.69) is 16.2 Å². The van der Waals surface area contributed by atoms with Crippen LogP contribution in [0, 0.1) is 11.8 Å². The number of carbonyl (C=O) groups excluding carboxylic acids is 1. The van der Waals surface area contributed by atoms with Crippen LogP contribution in [-0.4, -0.2) is 42.2 Å². The van der Waals surface area contributed by atoms with Crippen molar-refractivity contribution in [3.63, 3.8) is 0 Å². The Morgan fingerprint density at radius 2 is 2.15 bits per heavy atom. The molecule has 1 aromatic rings. The lowest BCUT2D eigenvalue weighted by molar-refractivity contribution is -0.139. The van der Waals surface area contributed by atoms with Gasteiger partial charge in [-0.2, -0.15) is 0 Å². The number of hydrazine groups is 1. The molecule has 2 heterocycles. The van der Waals surface area contributed by atoms with Gasteiger partial charge < -0.3 is 15.2 Å². The number of carbonyl (C=O) groups is 2. The van der Waals surface area contributed by atoms with Gasteiger partial charge in [0.1, 0.15) is 5.75 Å². The number of piperidine rings is 1. The highest BCUT2D eigenvalue weighted by Crippen LogP contribution is 2.46. The summed E-state index contributed by atoms with van der Waals surface area (Å²) in [7, 11) is 0. The highest BCUT2D eigenvalue weighted by Gasteiger charge is 2.46.